The van der Waals surface area contributed by atoms with Gasteiger partial charge in [0, 0.05) is 34.4 Å². The molecule has 1 aromatic rings. The van der Waals surface area contributed by atoms with Crippen molar-refractivity contribution in [2.75, 3.05) is 13.1 Å². The molecule has 0 unspecified atom stereocenters. The Hall–Kier alpha value is -0.780. The molecule has 0 aromatic heterocycles. The molecule has 0 aliphatic carbocycles. The van der Waals surface area contributed by atoms with Crippen molar-refractivity contribution in [2.45, 2.75) is 24.7 Å². The Morgan fingerprint density at radius 3 is 2.40 bits per heavy atom. The molecule has 0 bridgehead atoms. The van der Waals surface area contributed by atoms with Gasteiger partial charge in [-0.3, -0.25) is 4.79 Å². The number of carbonyl (C=O) groups is 1. The highest BCUT2D eigenvalue weighted by Crippen LogP contribution is 2.24. The number of carbonyl (C=O) groups excluding carboxylic acids is 1. The summed E-state index contributed by atoms with van der Waals surface area (Å²) in [6.45, 7) is 3.50. The standard InChI is InChI=1S/C13H15Cl2NO3S/c1-9-2-4-16(5-3-9)13(17)10-6-11(14)8-12(7-10)20(15,18)19/h6-9H,2-5H2,1H3. The summed E-state index contributed by atoms with van der Waals surface area (Å²) in [5.41, 5.74) is 0.256. The van der Waals surface area contributed by atoms with Gasteiger partial charge >= 0.3 is 0 Å². The first-order valence-corrected chi connectivity index (χ1v) is 9.00. The van der Waals surface area contributed by atoms with E-state index in [4.69, 9.17) is 22.3 Å². The van der Waals surface area contributed by atoms with E-state index in [-0.39, 0.29) is 21.4 Å². The third kappa shape index (κ3) is 3.65. The molecule has 0 N–H and O–H groups in total. The van der Waals surface area contributed by atoms with E-state index in [1.807, 2.05) is 0 Å². The van der Waals surface area contributed by atoms with E-state index in [1.54, 1.807) is 4.90 Å². The number of likely N-dealkylation sites (tertiary alicyclic amines) is 1. The lowest BCUT2D eigenvalue weighted by molar-refractivity contribution is 0.0697. The van der Waals surface area contributed by atoms with Gasteiger partial charge in [0.15, 0.2) is 0 Å². The number of rotatable bonds is 2. The van der Waals surface area contributed by atoms with Crippen molar-refractivity contribution >= 4 is 37.2 Å². The summed E-state index contributed by atoms with van der Waals surface area (Å²) in [6.07, 6.45) is 1.90. The molecule has 1 saturated heterocycles. The Balaban J connectivity index is 2.28. The van der Waals surface area contributed by atoms with Gasteiger partial charge in [-0.15, -0.1) is 0 Å². The third-order valence-electron chi connectivity index (χ3n) is 3.47. The maximum absolute atomic E-state index is 12.4. The second-order valence-electron chi connectivity index (χ2n) is 5.09. The average Bonchev–Trinajstić information content (AvgIpc) is 2.37. The van der Waals surface area contributed by atoms with Crippen LogP contribution in [0.4, 0.5) is 0 Å². The zero-order chi connectivity index (χ0) is 14.9. The van der Waals surface area contributed by atoms with Crippen LogP contribution in [0.15, 0.2) is 23.1 Å². The molecule has 110 valence electrons. The predicted octanol–water partition coefficient (Wildman–Crippen LogP) is 3.14. The van der Waals surface area contributed by atoms with Crippen LogP contribution in [0, 0.1) is 5.92 Å². The van der Waals surface area contributed by atoms with Crippen LogP contribution >= 0.6 is 22.3 Å². The van der Waals surface area contributed by atoms with Crippen LogP contribution in [-0.2, 0) is 9.05 Å². The maximum atomic E-state index is 12.4. The van der Waals surface area contributed by atoms with Crippen molar-refractivity contribution in [1.82, 2.24) is 4.90 Å². The second kappa shape index (κ2) is 5.92. The first kappa shape index (κ1) is 15.6. The van der Waals surface area contributed by atoms with E-state index in [0.717, 1.165) is 12.8 Å². The van der Waals surface area contributed by atoms with E-state index in [0.29, 0.717) is 19.0 Å². The van der Waals surface area contributed by atoms with Gasteiger partial charge in [0.1, 0.15) is 0 Å². The molecule has 2 rings (SSSR count). The Morgan fingerprint density at radius 2 is 1.85 bits per heavy atom. The summed E-state index contributed by atoms with van der Waals surface area (Å²) in [5.74, 6) is 0.401. The maximum Gasteiger partial charge on any atom is 0.261 e. The minimum atomic E-state index is -3.90. The van der Waals surface area contributed by atoms with Gasteiger partial charge in [-0.25, -0.2) is 8.42 Å². The number of benzene rings is 1. The summed E-state index contributed by atoms with van der Waals surface area (Å²) in [7, 11) is 1.40. The van der Waals surface area contributed by atoms with Crippen molar-refractivity contribution in [3.63, 3.8) is 0 Å². The highest BCUT2D eigenvalue weighted by molar-refractivity contribution is 8.13. The summed E-state index contributed by atoms with van der Waals surface area (Å²) in [4.78, 5) is 13.9. The monoisotopic (exact) mass is 335 g/mol. The second-order valence-corrected chi connectivity index (χ2v) is 8.09. The zero-order valence-electron chi connectivity index (χ0n) is 11.0. The summed E-state index contributed by atoms with van der Waals surface area (Å²) in [5, 5.41) is 0.181. The fourth-order valence-corrected chi connectivity index (χ4v) is 3.32. The number of amides is 1. The van der Waals surface area contributed by atoms with Crippen molar-refractivity contribution in [3.8, 4) is 0 Å². The zero-order valence-corrected chi connectivity index (χ0v) is 13.3. The largest absolute Gasteiger partial charge is 0.339 e. The highest BCUT2D eigenvalue weighted by Gasteiger charge is 2.23. The number of nitrogens with zero attached hydrogens (tertiary/aromatic N) is 1. The average molecular weight is 336 g/mol. The first-order valence-electron chi connectivity index (χ1n) is 6.32. The SMILES string of the molecule is CC1CCN(C(=O)c2cc(Cl)cc(S(=O)(=O)Cl)c2)CC1. The molecule has 1 fully saturated rings. The fraction of sp³-hybridized carbons (Fsp3) is 0.462. The lowest BCUT2D eigenvalue weighted by atomic mass is 9.98. The van der Waals surface area contributed by atoms with Crippen LogP contribution in [0.3, 0.4) is 0 Å². The summed E-state index contributed by atoms with van der Waals surface area (Å²) in [6, 6.07) is 3.97. The topological polar surface area (TPSA) is 54.5 Å². The molecule has 4 nitrogen and oxygen atoms in total. The van der Waals surface area contributed by atoms with Crippen LogP contribution in [0.25, 0.3) is 0 Å². The highest BCUT2D eigenvalue weighted by atomic mass is 35.7. The lowest BCUT2D eigenvalue weighted by Crippen LogP contribution is -2.37. The van der Waals surface area contributed by atoms with E-state index in [9.17, 15) is 13.2 Å². The molecule has 1 aromatic carbocycles. The smallest absolute Gasteiger partial charge is 0.261 e. The molecular weight excluding hydrogens is 321 g/mol. The van der Waals surface area contributed by atoms with Crippen molar-refractivity contribution < 1.29 is 13.2 Å². The normalized spacial score (nSPS) is 17.2. The number of hydrogen-bond acceptors (Lipinski definition) is 3. The predicted molar refractivity (Wildman–Crippen MR) is 78.8 cm³/mol. The Bertz CT molecular complexity index is 623. The number of hydrogen-bond donors (Lipinski definition) is 0. The molecule has 0 saturated carbocycles. The number of halogens is 2. The van der Waals surface area contributed by atoms with Crippen molar-refractivity contribution in [3.05, 3.63) is 28.8 Å². The minimum Gasteiger partial charge on any atom is -0.339 e. The van der Waals surface area contributed by atoms with E-state index in [1.165, 1.54) is 18.2 Å². The Labute approximate surface area is 128 Å². The van der Waals surface area contributed by atoms with Crippen molar-refractivity contribution in [1.29, 1.82) is 0 Å². The molecule has 1 aliphatic rings. The fourth-order valence-electron chi connectivity index (χ4n) is 2.22. The van der Waals surface area contributed by atoms with E-state index < -0.39 is 9.05 Å². The van der Waals surface area contributed by atoms with Gasteiger partial charge in [-0.1, -0.05) is 18.5 Å². The molecular formula is C13H15Cl2NO3S. The van der Waals surface area contributed by atoms with Crippen LogP contribution in [-0.4, -0.2) is 32.3 Å². The molecule has 7 heteroatoms. The molecule has 1 heterocycles. The Morgan fingerprint density at radius 1 is 1.25 bits per heavy atom. The van der Waals surface area contributed by atoms with Gasteiger partial charge in [0.25, 0.3) is 15.0 Å². The van der Waals surface area contributed by atoms with Gasteiger partial charge < -0.3 is 4.90 Å². The molecule has 1 amide bonds. The van der Waals surface area contributed by atoms with Crippen LogP contribution in [0.1, 0.15) is 30.1 Å². The minimum absolute atomic E-state index is 0.152. The van der Waals surface area contributed by atoms with Crippen molar-refractivity contribution in [2.24, 2.45) is 5.92 Å². The molecule has 0 atom stereocenters. The van der Waals surface area contributed by atoms with Crippen LogP contribution in [0.5, 0.6) is 0 Å². The van der Waals surface area contributed by atoms with Crippen LogP contribution < -0.4 is 0 Å². The first-order chi connectivity index (χ1) is 9.27. The summed E-state index contributed by atoms with van der Waals surface area (Å²) >= 11 is 5.87. The summed E-state index contributed by atoms with van der Waals surface area (Å²) < 4.78 is 22.7. The molecule has 0 spiro atoms. The van der Waals surface area contributed by atoms with E-state index in [2.05, 4.69) is 6.92 Å². The molecule has 0 radical (unpaired) electrons. The van der Waals surface area contributed by atoms with E-state index >= 15 is 0 Å². The van der Waals surface area contributed by atoms with Crippen LogP contribution in [0.2, 0.25) is 5.02 Å². The quantitative estimate of drug-likeness (QED) is 0.780. The molecule has 20 heavy (non-hydrogen) atoms. The van der Waals surface area contributed by atoms with Gasteiger partial charge in [0.2, 0.25) is 0 Å². The lowest BCUT2D eigenvalue weighted by Gasteiger charge is -2.30. The third-order valence-corrected chi connectivity index (χ3v) is 5.02. The molecule has 1 aliphatic heterocycles. The van der Waals surface area contributed by atoms with Gasteiger partial charge in [-0.05, 0) is 37.0 Å². The Kier molecular flexibility index (Phi) is 4.62. The van der Waals surface area contributed by atoms with Gasteiger partial charge in [0.05, 0.1) is 4.90 Å². The van der Waals surface area contributed by atoms with Gasteiger partial charge in [-0.2, -0.15) is 0 Å². The number of piperidine rings is 1.